The Morgan fingerprint density at radius 1 is 1.17 bits per heavy atom. The van der Waals surface area contributed by atoms with Crippen LogP contribution >= 0.6 is 0 Å². The molecule has 1 heterocycles. The number of unbranched alkanes of at least 4 members (excludes halogenated alkanes) is 4. The van der Waals surface area contributed by atoms with Gasteiger partial charge in [0.15, 0.2) is 0 Å². The molecule has 2 unspecified atom stereocenters. The largest absolute Gasteiger partial charge is 0.357 e. The second kappa shape index (κ2) is 11.5. The molecule has 0 spiro atoms. The van der Waals surface area contributed by atoms with E-state index in [0.29, 0.717) is 19.4 Å². The molecular formula is C22H39N3O4. The lowest BCUT2D eigenvalue weighted by Crippen LogP contribution is -2.53. The summed E-state index contributed by atoms with van der Waals surface area (Å²) in [6.45, 7) is 2.66. The standard InChI is InChI=1S/C22H39N3O4/c1-3-4-5-6-10-13-22(16-18(26)24-29)14-15-25(21(22)28)19(20(27)23-2)17-11-8-7-9-12-17/h17,19,29H,3-16H2,1-2H3,(H,23,27)(H,24,26). The monoisotopic (exact) mass is 409 g/mol. The zero-order chi connectivity index (χ0) is 21.3. The number of hydrogen-bond donors (Lipinski definition) is 3. The molecule has 0 bridgehead atoms. The van der Waals surface area contributed by atoms with Crippen molar-refractivity contribution in [3.63, 3.8) is 0 Å². The second-order valence-corrected chi connectivity index (χ2v) is 8.86. The Hall–Kier alpha value is -1.63. The molecule has 2 rings (SSSR count). The van der Waals surface area contributed by atoms with Crippen LogP contribution in [0.1, 0.15) is 90.4 Å². The van der Waals surface area contributed by atoms with Gasteiger partial charge in [0, 0.05) is 20.0 Å². The van der Waals surface area contributed by atoms with E-state index in [1.807, 2.05) is 0 Å². The van der Waals surface area contributed by atoms with E-state index in [2.05, 4.69) is 12.2 Å². The van der Waals surface area contributed by atoms with Gasteiger partial charge >= 0.3 is 0 Å². The first-order valence-electron chi connectivity index (χ1n) is 11.4. The van der Waals surface area contributed by atoms with E-state index in [0.717, 1.165) is 51.4 Å². The lowest BCUT2D eigenvalue weighted by atomic mass is 9.77. The van der Waals surface area contributed by atoms with E-state index >= 15 is 0 Å². The van der Waals surface area contributed by atoms with Crippen LogP contribution in [0.5, 0.6) is 0 Å². The Bertz CT molecular complexity index is 562. The first-order chi connectivity index (χ1) is 14.0. The van der Waals surface area contributed by atoms with E-state index in [1.54, 1.807) is 17.4 Å². The molecule has 1 aliphatic heterocycles. The minimum atomic E-state index is -0.806. The van der Waals surface area contributed by atoms with Gasteiger partial charge in [-0.2, -0.15) is 0 Å². The molecule has 3 N–H and O–H groups in total. The van der Waals surface area contributed by atoms with Gasteiger partial charge in [0.25, 0.3) is 0 Å². The van der Waals surface area contributed by atoms with Crippen molar-refractivity contribution in [2.75, 3.05) is 13.6 Å². The quantitative estimate of drug-likeness (QED) is 0.277. The van der Waals surface area contributed by atoms with Crippen molar-refractivity contribution < 1.29 is 19.6 Å². The second-order valence-electron chi connectivity index (χ2n) is 8.86. The lowest BCUT2D eigenvalue weighted by molar-refractivity contribution is -0.148. The summed E-state index contributed by atoms with van der Waals surface area (Å²) >= 11 is 0. The SMILES string of the molecule is CCCCCCCC1(CC(=O)NO)CCN(C(C(=O)NC)C2CCCCC2)C1=O. The van der Waals surface area contributed by atoms with Crippen molar-refractivity contribution in [1.29, 1.82) is 0 Å². The zero-order valence-electron chi connectivity index (χ0n) is 18.2. The van der Waals surface area contributed by atoms with Crippen LogP contribution in [0, 0.1) is 11.3 Å². The molecule has 2 fully saturated rings. The summed E-state index contributed by atoms with van der Waals surface area (Å²) in [5, 5.41) is 11.8. The fourth-order valence-corrected chi connectivity index (χ4v) is 5.22. The van der Waals surface area contributed by atoms with E-state index in [-0.39, 0.29) is 24.2 Å². The molecule has 1 saturated carbocycles. The summed E-state index contributed by atoms with van der Waals surface area (Å²) in [7, 11) is 1.62. The highest BCUT2D eigenvalue weighted by Gasteiger charge is 2.51. The van der Waals surface area contributed by atoms with Crippen molar-refractivity contribution in [3.05, 3.63) is 0 Å². The Morgan fingerprint density at radius 3 is 2.48 bits per heavy atom. The maximum absolute atomic E-state index is 13.6. The van der Waals surface area contributed by atoms with Gasteiger partial charge in [0.1, 0.15) is 6.04 Å². The Morgan fingerprint density at radius 2 is 1.86 bits per heavy atom. The smallest absolute Gasteiger partial charge is 0.244 e. The third-order valence-corrected chi connectivity index (χ3v) is 6.88. The molecular weight excluding hydrogens is 370 g/mol. The van der Waals surface area contributed by atoms with Crippen molar-refractivity contribution in [2.45, 2.75) is 96.4 Å². The van der Waals surface area contributed by atoms with Crippen LogP contribution < -0.4 is 10.8 Å². The number of nitrogens with one attached hydrogen (secondary N) is 2. The van der Waals surface area contributed by atoms with Crippen molar-refractivity contribution in [1.82, 2.24) is 15.7 Å². The number of amides is 3. The molecule has 3 amide bonds. The number of likely N-dealkylation sites (tertiary alicyclic amines) is 1. The molecule has 0 radical (unpaired) electrons. The fourth-order valence-electron chi connectivity index (χ4n) is 5.22. The third kappa shape index (κ3) is 5.93. The molecule has 29 heavy (non-hydrogen) atoms. The van der Waals surface area contributed by atoms with Gasteiger partial charge in [0.2, 0.25) is 17.7 Å². The van der Waals surface area contributed by atoms with Crippen LogP contribution in [0.25, 0.3) is 0 Å². The van der Waals surface area contributed by atoms with E-state index in [1.165, 1.54) is 12.8 Å². The van der Waals surface area contributed by atoms with Gasteiger partial charge in [-0.15, -0.1) is 0 Å². The van der Waals surface area contributed by atoms with Crippen LogP contribution in [0.3, 0.4) is 0 Å². The summed E-state index contributed by atoms with van der Waals surface area (Å²) < 4.78 is 0. The molecule has 0 aromatic rings. The lowest BCUT2D eigenvalue weighted by Gasteiger charge is -2.36. The van der Waals surface area contributed by atoms with Crippen LogP contribution in [-0.4, -0.2) is 47.5 Å². The highest BCUT2D eigenvalue weighted by molar-refractivity contribution is 5.94. The van der Waals surface area contributed by atoms with E-state index in [9.17, 15) is 14.4 Å². The number of rotatable bonds is 11. The van der Waals surface area contributed by atoms with Gasteiger partial charge in [0.05, 0.1) is 5.41 Å². The molecule has 166 valence electrons. The average molecular weight is 410 g/mol. The predicted molar refractivity (Wildman–Crippen MR) is 111 cm³/mol. The number of carbonyl (C=O) groups is 3. The Balaban J connectivity index is 2.17. The molecule has 2 aliphatic rings. The fraction of sp³-hybridized carbons (Fsp3) is 0.864. The number of hydroxylamine groups is 1. The van der Waals surface area contributed by atoms with Crippen LogP contribution in [0.4, 0.5) is 0 Å². The van der Waals surface area contributed by atoms with Gasteiger partial charge in [-0.25, -0.2) is 5.48 Å². The molecule has 0 aromatic carbocycles. The van der Waals surface area contributed by atoms with Crippen molar-refractivity contribution in [2.24, 2.45) is 11.3 Å². The van der Waals surface area contributed by atoms with Crippen LogP contribution in [0.2, 0.25) is 0 Å². The first kappa shape index (κ1) is 23.6. The Kier molecular flexibility index (Phi) is 9.40. The molecule has 7 nitrogen and oxygen atoms in total. The zero-order valence-corrected chi connectivity index (χ0v) is 18.2. The maximum atomic E-state index is 13.6. The van der Waals surface area contributed by atoms with E-state index in [4.69, 9.17) is 5.21 Å². The minimum Gasteiger partial charge on any atom is -0.357 e. The molecule has 1 aliphatic carbocycles. The normalized spacial score (nSPS) is 23.8. The van der Waals surface area contributed by atoms with Gasteiger partial charge < -0.3 is 10.2 Å². The van der Waals surface area contributed by atoms with Gasteiger partial charge in [-0.3, -0.25) is 19.6 Å². The number of carbonyl (C=O) groups excluding carboxylic acids is 3. The highest BCUT2D eigenvalue weighted by Crippen LogP contribution is 2.43. The van der Waals surface area contributed by atoms with Gasteiger partial charge in [-0.05, 0) is 31.6 Å². The van der Waals surface area contributed by atoms with Crippen molar-refractivity contribution >= 4 is 17.7 Å². The summed E-state index contributed by atoms with van der Waals surface area (Å²) in [5.74, 6) is -0.533. The summed E-state index contributed by atoms with van der Waals surface area (Å²) in [6, 6.07) is -0.452. The highest BCUT2D eigenvalue weighted by atomic mass is 16.5. The number of likely N-dealkylation sites (N-methyl/N-ethyl adjacent to an activating group) is 1. The summed E-state index contributed by atoms with van der Waals surface area (Å²) in [4.78, 5) is 40.1. The number of nitrogens with zero attached hydrogens (tertiary/aromatic N) is 1. The molecule has 0 aromatic heterocycles. The topological polar surface area (TPSA) is 98.7 Å². The third-order valence-electron chi connectivity index (χ3n) is 6.88. The maximum Gasteiger partial charge on any atom is 0.244 e. The van der Waals surface area contributed by atoms with Crippen LogP contribution in [0.15, 0.2) is 0 Å². The van der Waals surface area contributed by atoms with Crippen molar-refractivity contribution in [3.8, 4) is 0 Å². The molecule has 2 atom stereocenters. The number of hydrogen-bond acceptors (Lipinski definition) is 4. The van der Waals surface area contributed by atoms with Gasteiger partial charge in [-0.1, -0.05) is 58.3 Å². The predicted octanol–water partition coefficient (Wildman–Crippen LogP) is 3.16. The summed E-state index contributed by atoms with van der Waals surface area (Å²) in [6.07, 6.45) is 11.8. The average Bonchev–Trinajstić information content (AvgIpc) is 3.04. The first-order valence-corrected chi connectivity index (χ1v) is 11.4. The minimum absolute atomic E-state index is 0.0161. The van der Waals surface area contributed by atoms with E-state index < -0.39 is 17.4 Å². The Labute approximate surface area is 174 Å². The molecule has 7 heteroatoms. The molecule has 1 saturated heterocycles. The summed E-state index contributed by atoms with van der Waals surface area (Å²) in [5.41, 5.74) is 0.895. The van der Waals surface area contributed by atoms with Crippen LogP contribution in [-0.2, 0) is 14.4 Å².